The van der Waals surface area contributed by atoms with Crippen molar-refractivity contribution < 1.29 is 9.53 Å². The van der Waals surface area contributed by atoms with Crippen LogP contribution in [0.15, 0.2) is 18.2 Å². The van der Waals surface area contributed by atoms with Crippen molar-refractivity contribution in [3.8, 4) is 5.75 Å². The molecule has 2 aromatic rings. The van der Waals surface area contributed by atoms with Crippen molar-refractivity contribution in [3.05, 3.63) is 29.5 Å². The number of hydrogen-bond acceptors (Lipinski definition) is 2. The van der Waals surface area contributed by atoms with E-state index in [0.29, 0.717) is 13.1 Å². The maximum absolute atomic E-state index is 12.6. The lowest BCUT2D eigenvalue weighted by Crippen LogP contribution is -2.30. The highest BCUT2D eigenvalue weighted by atomic mass is 16.5. The van der Waals surface area contributed by atoms with Crippen molar-refractivity contribution in [1.82, 2.24) is 9.88 Å². The number of carbonyl (C=O) groups excluding carboxylic acids is 1. The molecule has 0 unspecified atom stereocenters. The number of fused-ring (bicyclic) bond motifs is 1. The van der Waals surface area contributed by atoms with Gasteiger partial charge < -0.3 is 14.6 Å². The maximum Gasteiger partial charge on any atom is 0.256 e. The normalized spacial score (nSPS) is 10.7. The zero-order valence-corrected chi connectivity index (χ0v) is 11.9. The molecule has 0 radical (unpaired) electrons. The molecule has 0 aliphatic rings. The van der Waals surface area contributed by atoms with Crippen LogP contribution in [0.5, 0.6) is 5.75 Å². The minimum atomic E-state index is 0.0713. The van der Waals surface area contributed by atoms with E-state index in [4.69, 9.17) is 4.74 Å². The zero-order chi connectivity index (χ0) is 14.0. The zero-order valence-electron chi connectivity index (χ0n) is 11.9. The van der Waals surface area contributed by atoms with E-state index in [2.05, 4.69) is 4.98 Å². The highest BCUT2D eigenvalue weighted by Gasteiger charge is 2.20. The SMILES string of the molecule is CCN(CC)C(=O)c1c(C)[nH]c2ccc(OC)cc12. The average Bonchev–Trinajstić information content (AvgIpc) is 2.74. The van der Waals surface area contributed by atoms with Crippen LogP contribution in [-0.2, 0) is 0 Å². The summed E-state index contributed by atoms with van der Waals surface area (Å²) in [4.78, 5) is 17.7. The summed E-state index contributed by atoms with van der Waals surface area (Å²) in [5, 5.41) is 0.925. The Kier molecular flexibility index (Phi) is 3.79. The number of hydrogen-bond donors (Lipinski definition) is 1. The van der Waals surface area contributed by atoms with Gasteiger partial charge in [-0.2, -0.15) is 0 Å². The molecule has 2 rings (SSSR count). The third-order valence-corrected chi connectivity index (χ3v) is 3.46. The molecular weight excluding hydrogens is 240 g/mol. The molecule has 1 heterocycles. The summed E-state index contributed by atoms with van der Waals surface area (Å²) < 4.78 is 5.24. The number of nitrogens with zero attached hydrogens (tertiary/aromatic N) is 1. The van der Waals surface area contributed by atoms with E-state index in [1.807, 2.05) is 43.9 Å². The monoisotopic (exact) mass is 260 g/mol. The number of aromatic amines is 1. The lowest BCUT2D eigenvalue weighted by Gasteiger charge is -2.18. The highest BCUT2D eigenvalue weighted by molar-refractivity contribution is 6.08. The van der Waals surface area contributed by atoms with Gasteiger partial charge in [-0.25, -0.2) is 0 Å². The third-order valence-electron chi connectivity index (χ3n) is 3.46. The first-order valence-electron chi connectivity index (χ1n) is 6.57. The fourth-order valence-corrected chi connectivity index (χ4v) is 2.38. The van der Waals surface area contributed by atoms with Crippen LogP contribution in [0.25, 0.3) is 10.9 Å². The van der Waals surface area contributed by atoms with Gasteiger partial charge in [-0.1, -0.05) is 0 Å². The topological polar surface area (TPSA) is 45.3 Å². The summed E-state index contributed by atoms with van der Waals surface area (Å²) in [6, 6.07) is 5.75. The van der Waals surface area contributed by atoms with Crippen LogP contribution < -0.4 is 4.74 Å². The molecule has 1 aromatic heterocycles. The molecule has 1 N–H and O–H groups in total. The van der Waals surface area contributed by atoms with Crippen LogP contribution in [-0.4, -0.2) is 36.0 Å². The second kappa shape index (κ2) is 5.34. The molecule has 0 spiro atoms. The maximum atomic E-state index is 12.6. The largest absolute Gasteiger partial charge is 0.497 e. The van der Waals surface area contributed by atoms with Crippen molar-refractivity contribution in [2.45, 2.75) is 20.8 Å². The highest BCUT2D eigenvalue weighted by Crippen LogP contribution is 2.27. The number of methoxy groups -OCH3 is 1. The van der Waals surface area contributed by atoms with Gasteiger partial charge in [0.1, 0.15) is 5.75 Å². The lowest BCUT2D eigenvalue weighted by molar-refractivity contribution is 0.0774. The number of carbonyl (C=O) groups is 1. The number of H-pyrrole nitrogens is 1. The van der Waals surface area contributed by atoms with Gasteiger partial charge in [0.05, 0.1) is 12.7 Å². The van der Waals surface area contributed by atoms with Crippen molar-refractivity contribution in [2.24, 2.45) is 0 Å². The summed E-state index contributed by atoms with van der Waals surface area (Å²) >= 11 is 0. The number of amides is 1. The minimum Gasteiger partial charge on any atom is -0.497 e. The van der Waals surface area contributed by atoms with Crippen molar-refractivity contribution in [2.75, 3.05) is 20.2 Å². The molecule has 0 aliphatic heterocycles. The molecule has 1 aromatic carbocycles. The van der Waals surface area contributed by atoms with E-state index in [0.717, 1.165) is 27.9 Å². The molecule has 0 bridgehead atoms. The molecule has 1 amide bonds. The van der Waals surface area contributed by atoms with Crippen molar-refractivity contribution >= 4 is 16.8 Å². The van der Waals surface area contributed by atoms with Gasteiger partial charge in [0.15, 0.2) is 0 Å². The van der Waals surface area contributed by atoms with Gasteiger partial charge in [-0.3, -0.25) is 4.79 Å². The number of aromatic nitrogens is 1. The molecule has 4 nitrogen and oxygen atoms in total. The van der Waals surface area contributed by atoms with Crippen LogP contribution in [0, 0.1) is 6.92 Å². The predicted octanol–water partition coefficient (Wildman–Crippen LogP) is 2.97. The Morgan fingerprint density at radius 3 is 2.58 bits per heavy atom. The van der Waals surface area contributed by atoms with Crippen molar-refractivity contribution in [3.63, 3.8) is 0 Å². The molecule has 0 fully saturated rings. The minimum absolute atomic E-state index is 0.0713. The van der Waals surface area contributed by atoms with E-state index in [-0.39, 0.29) is 5.91 Å². The second-order valence-electron chi connectivity index (χ2n) is 4.51. The van der Waals surface area contributed by atoms with E-state index >= 15 is 0 Å². The van der Waals surface area contributed by atoms with E-state index < -0.39 is 0 Å². The van der Waals surface area contributed by atoms with Gasteiger partial charge in [-0.05, 0) is 39.0 Å². The first-order chi connectivity index (χ1) is 9.12. The van der Waals surface area contributed by atoms with Gasteiger partial charge >= 0.3 is 0 Å². The third kappa shape index (κ3) is 2.30. The summed E-state index contributed by atoms with van der Waals surface area (Å²) in [6.45, 7) is 7.35. The second-order valence-corrected chi connectivity index (χ2v) is 4.51. The fraction of sp³-hybridized carbons (Fsp3) is 0.400. The smallest absolute Gasteiger partial charge is 0.256 e. The Balaban J connectivity index is 2.58. The van der Waals surface area contributed by atoms with Gasteiger partial charge in [-0.15, -0.1) is 0 Å². The van der Waals surface area contributed by atoms with Crippen molar-refractivity contribution in [1.29, 1.82) is 0 Å². The summed E-state index contributed by atoms with van der Waals surface area (Å²) in [5.41, 5.74) is 2.62. The summed E-state index contributed by atoms with van der Waals surface area (Å²) in [6.07, 6.45) is 0. The quantitative estimate of drug-likeness (QED) is 0.918. The van der Waals surface area contributed by atoms with Crippen LogP contribution in [0.4, 0.5) is 0 Å². The Bertz CT molecular complexity index is 597. The fourth-order valence-electron chi connectivity index (χ4n) is 2.38. The Morgan fingerprint density at radius 1 is 1.32 bits per heavy atom. The molecule has 0 saturated carbocycles. The van der Waals surface area contributed by atoms with Gasteiger partial charge in [0.25, 0.3) is 5.91 Å². The van der Waals surface area contributed by atoms with Gasteiger partial charge in [0.2, 0.25) is 0 Å². The van der Waals surface area contributed by atoms with E-state index in [1.54, 1.807) is 7.11 Å². The average molecular weight is 260 g/mol. The van der Waals surface area contributed by atoms with Crippen LogP contribution in [0.1, 0.15) is 29.9 Å². The Hall–Kier alpha value is -1.97. The molecule has 4 heteroatoms. The number of nitrogens with one attached hydrogen (secondary N) is 1. The molecule has 0 atom stereocenters. The lowest BCUT2D eigenvalue weighted by atomic mass is 10.1. The van der Waals surface area contributed by atoms with E-state index in [1.165, 1.54) is 0 Å². The molecule has 102 valence electrons. The first kappa shape index (κ1) is 13.5. The summed E-state index contributed by atoms with van der Waals surface area (Å²) in [7, 11) is 1.63. The standard InChI is InChI=1S/C15H20N2O2/c1-5-17(6-2)15(18)14-10(3)16-13-8-7-11(19-4)9-12(13)14/h7-9,16H,5-6H2,1-4H3. The number of aryl methyl sites for hydroxylation is 1. The van der Waals surface area contributed by atoms with Crippen LogP contribution in [0.2, 0.25) is 0 Å². The Labute approximate surface area is 113 Å². The molecule has 0 saturated heterocycles. The number of rotatable bonds is 4. The Morgan fingerprint density at radius 2 is 2.00 bits per heavy atom. The molecular formula is C15H20N2O2. The molecule has 0 aliphatic carbocycles. The van der Waals surface area contributed by atoms with Gasteiger partial charge in [0, 0.05) is 29.7 Å². The number of benzene rings is 1. The first-order valence-corrected chi connectivity index (χ1v) is 6.57. The van der Waals surface area contributed by atoms with Crippen LogP contribution in [0.3, 0.4) is 0 Å². The van der Waals surface area contributed by atoms with Crippen LogP contribution >= 0.6 is 0 Å². The molecule has 19 heavy (non-hydrogen) atoms. The number of ether oxygens (including phenoxy) is 1. The summed E-state index contributed by atoms with van der Waals surface area (Å²) in [5.74, 6) is 0.835. The van der Waals surface area contributed by atoms with E-state index in [9.17, 15) is 4.79 Å². The predicted molar refractivity (Wildman–Crippen MR) is 76.8 cm³/mol.